The number of aromatic nitrogens is 4. The molecule has 0 aromatic carbocycles. The Morgan fingerprint density at radius 1 is 1.38 bits per heavy atom. The molecule has 0 radical (unpaired) electrons. The zero-order valence-electron chi connectivity index (χ0n) is 16.8. The maximum absolute atomic E-state index is 10.9. The van der Waals surface area contributed by atoms with Crippen molar-refractivity contribution in [3.05, 3.63) is 51.8 Å². The van der Waals surface area contributed by atoms with Crippen molar-refractivity contribution in [2.45, 2.75) is 31.8 Å². The summed E-state index contributed by atoms with van der Waals surface area (Å²) in [4.78, 5) is 31.3. The van der Waals surface area contributed by atoms with Crippen LogP contribution in [0.5, 0.6) is 0 Å². The molecule has 0 saturated carbocycles. The average Bonchev–Trinajstić information content (AvgIpc) is 3.42. The Kier molecular flexibility index (Phi) is 9.03. The number of fused-ring (bicyclic) bond motifs is 1. The van der Waals surface area contributed by atoms with Crippen molar-refractivity contribution in [1.82, 2.24) is 19.5 Å². The summed E-state index contributed by atoms with van der Waals surface area (Å²) in [5, 5.41) is 18.1. The first-order valence-electron chi connectivity index (χ1n) is 9.30. The molecule has 1 fully saturated rings. The van der Waals surface area contributed by atoms with E-state index >= 15 is 0 Å². The van der Waals surface area contributed by atoms with Crippen LogP contribution < -0.4 is 11.3 Å². The van der Waals surface area contributed by atoms with Crippen LogP contribution in [0.15, 0.2) is 35.4 Å². The van der Waals surface area contributed by atoms with E-state index in [9.17, 15) is 9.59 Å². The fourth-order valence-corrected chi connectivity index (χ4v) is 3.17. The molecule has 3 aromatic rings. The van der Waals surface area contributed by atoms with Gasteiger partial charge in [-0.3, -0.25) is 4.79 Å². The molecule has 32 heavy (non-hydrogen) atoms. The third-order valence-electron chi connectivity index (χ3n) is 4.42. The summed E-state index contributed by atoms with van der Waals surface area (Å²) in [5.41, 5.74) is 6.41. The standard InChI is InChI=1S/C11H13ClN4O2.C7H7NO4.C2H2/c12-11-14-9(13)7-3-4-16(10(7)15-11)8-2-1-6(5-17)18-8;9-6-5(2-1-3-8-6)4-12-7(10)11;1-2/h3-4,6,8,17H,1-2,5H2,(H2,13,14,15);1-3H,4H2,(H,8,9)(H,10,11);1-2H/t6-,8+;;/m0../s1. The SMILES string of the molecule is C#C.Nc1nc(Cl)nc2c1ccn2[C@H]1CC[C@@H](CO)O1.O=C(O)OCc1ccc[nH]c1=O. The molecule has 1 saturated heterocycles. The normalized spacial score (nSPS) is 17.0. The first kappa shape index (κ1) is 24.7. The summed E-state index contributed by atoms with van der Waals surface area (Å²) in [6.45, 7) is -0.181. The van der Waals surface area contributed by atoms with Gasteiger partial charge in [0.15, 0.2) is 0 Å². The van der Waals surface area contributed by atoms with Crippen molar-refractivity contribution in [3.8, 4) is 12.8 Å². The molecular weight excluding hydrogens is 442 g/mol. The Balaban J connectivity index is 0.000000227. The Labute approximate surface area is 187 Å². The molecule has 1 aliphatic rings. The number of terminal acetylenes is 1. The second kappa shape index (κ2) is 11.7. The summed E-state index contributed by atoms with van der Waals surface area (Å²) in [5.74, 6) is 0.362. The number of pyridine rings is 1. The highest BCUT2D eigenvalue weighted by molar-refractivity contribution is 6.28. The summed E-state index contributed by atoms with van der Waals surface area (Å²) >= 11 is 5.82. The highest BCUT2D eigenvalue weighted by Gasteiger charge is 2.27. The van der Waals surface area contributed by atoms with E-state index < -0.39 is 6.16 Å². The fraction of sp³-hybridized carbons (Fsp3) is 0.300. The second-order valence-corrected chi connectivity index (χ2v) is 6.73. The quantitative estimate of drug-likeness (QED) is 0.257. The highest BCUT2D eigenvalue weighted by Crippen LogP contribution is 2.32. The van der Waals surface area contributed by atoms with Gasteiger partial charge < -0.3 is 35.0 Å². The highest BCUT2D eigenvalue weighted by atomic mass is 35.5. The summed E-state index contributed by atoms with van der Waals surface area (Å²) < 4.78 is 11.8. The topological polar surface area (TPSA) is 166 Å². The molecule has 0 bridgehead atoms. The number of rotatable bonds is 4. The smallest absolute Gasteiger partial charge is 0.450 e. The van der Waals surface area contributed by atoms with E-state index in [4.69, 9.17) is 32.3 Å². The molecule has 0 spiro atoms. The van der Waals surface area contributed by atoms with Gasteiger partial charge in [-0.1, -0.05) is 0 Å². The van der Waals surface area contributed by atoms with Crippen LogP contribution in [0.1, 0.15) is 24.6 Å². The van der Waals surface area contributed by atoms with E-state index in [-0.39, 0.29) is 36.4 Å². The van der Waals surface area contributed by atoms with Crippen molar-refractivity contribution >= 4 is 34.6 Å². The van der Waals surface area contributed by atoms with Gasteiger partial charge in [0, 0.05) is 12.4 Å². The summed E-state index contributed by atoms with van der Waals surface area (Å²) in [7, 11) is 0. The minimum absolute atomic E-state index is 0.0353. The number of anilines is 1. The summed E-state index contributed by atoms with van der Waals surface area (Å²) in [6.07, 6.45) is 11.3. The van der Waals surface area contributed by atoms with E-state index in [1.54, 1.807) is 6.07 Å². The van der Waals surface area contributed by atoms with Crippen LogP contribution in [0.4, 0.5) is 10.6 Å². The van der Waals surface area contributed by atoms with Gasteiger partial charge >= 0.3 is 6.16 Å². The molecule has 5 N–H and O–H groups in total. The fourth-order valence-electron chi connectivity index (χ4n) is 3.00. The van der Waals surface area contributed by atoms with E-state index in [0.717, 1.165) is 18.2 Å². The van der Waals surface area contributed by atoms with Crippen LogP contribution >= 0.6 is 11.6 Å². The van der Waals surface area contributed by atoms with Gasteiger partial charge in [0.05, 0.1) is 23.7 Å². The van der Waals surface area contributed by atoms with Crippen LogP contribution in [0.3, 0.4) is 0 Å². The van der Waals surface area contributed by atoms with Gasteiger partial charge in [-0.25, -0.2) is 9.78 Å². The van der Waals surface area contributed by atoms with Gasteiger partial charge in [0.25, 0.3) is 5.56 Å². The number of hydrogen-bond donors (Lipinski definition) is 4. The van der Waals surface area contributed by atoms with Crippen LogP contribution in [0.2, 0.25) is 5.28 Å². The van der Waals surface area contributed by atoms with Crippen molar-refractivity contribution in [1.29, 1.82) is 0 Å². The minimum atomic E-state index is -1.39. The molecule has 1 aliphatic heterocycles. The largest absolute Gasteiger partial charge is 0.506 e. The van der Waals surface area contributed by atoms with E-state index in [1.165, 1.54) is 12.3 Å². The lowest BCUT2D eigenvalue weighted by molar-refractivity contribution is -0.0204. The van der Waals surface area contributed by atoms with Crippen LogP contribution in [-0.2, 0) is 16.1 Å². The maximum atomic E-state index is 10.9. The molecule has 11 nitrogen and oxygen atoms in total. The molecule has 12 heteroatoms. The number of nitrogens with zero attached hydrogens (tertiary/aromatic N) is 3. The van der Waals surface area contributed by atoms with Crippen molar-refractivity contribution in [2.75, 3.05) is 12.3 Å². The number of aromatic amines is 1. The van der Waals surface area contributed by atoms with Gasteiger partial charge in [0.1, 0.15) is 24.3 Å². The lowest BCUT2D eigenvalue weighted by atomic mass is 10.2. The van der Waals surface area contributed by atoms with Crippen molar-refractivity contribution in [2.24, 2.45) is 0 Å². The first-order valence-corrected chi connectivity index (χ1v) is 9.68. The molecule has 3 aromatic heterocycles. The number of aliphatic hydroxyl groups excluding tert-OH is 1. The van der Waals surface area contributed by atoms with E-state index in [0.29, 0.717) is 17.0 Å². The predicted molar refractivity (Wildman–Crippen MR) is 117 cm³/mol. The lowest BCUT2D eigenvalue weighted by Gasteiger charge is -2.14. The molecule has 0 aliphatic carbocycles. The minimum Gasteiger partial charge on any atom is -0.450 e. The Bertz CT molecular complexity index is 1130. The van der Waals surface area contributed by atoms with Crippen LogP contribution in [-0.4, -0.2) is 48.6 Å². The number of ether oxygens (including phenoxy) is 2. The third kappa shape index (κ3) is 6.21. The Morgan fingerprint density at radius 3 is 2.75 bits per heavy atom. The summed E-state index contributed by atoms with van der Waals surface area (Å²) in [6, 6.07) is 4.94. The molecule has 0 amide bonds. The lowest BCUT2D eigenvalue weighted by Crippen LogP contribution is -2.14. The van der Waals surface area contributed by atoms with Gasteiger partial charge in [-0.05, 0) is 42.6 Å². The van der Waals surface area contributed by atoms with Crippen LogP contribution in [0, 0.1) is 12.8 Å². The number of halogens is 1. The van der Waals surface area contributed by atoms with Gasteiger partial charge in [0.2, 0.25) is 5.28 Å². The van der Waals surface area contributed by atoms with Gasteiger partial charge in [-0.2, -0.15) is 4.98 Å². The molecular formula is C20H22ClN5O6. The van der Waals surface area contributed by atoms with E-state index in [1.807, 2.05) is 16.8 Å². The van der Waals surface area contributed by atoms with E-state index in [2.05, 4.69) is 32.5 Å². The number of carbonyl (C=O) groups is 1. The molecule has 170 valence electrons. The number of nitrogens with one attached hydrogen (secondary N) is 1. The number of nitrogens with two attached hydrogens (primary N) is 1. The zero-order chi connectivity index (χ0) is 23.7. The first-order chi connectivity index (χ1) is 15.4. The molecule has 2 atom stereocenters. The van der Waals surface area contributed by atoms with Gasteiger partial charge in [-0.15, -0.1) is 12.8 Å². The van der Waals surface area contributed by atoms with Crippen molar-refractivity contribution < 1.29 is 24.5 Å². The number of hydrogen-bond acceptors (Lipinski definition) is 8. The Morgan fingerprint density at radius 2 is 2.12 bits per heavy atom. The molecule has 4 rings (SSSR count). The number of nitrogen functional groups attached to an aromatic ring is 1. The van der Waals surface area contributed by atoms with Crippen molar-refractivity contribution in [3.63, 3.8) is 0 Å². The number of H-pyrrole nitrogens is 1. The monoisotopic (exact) mass is 463 g/mol. The predicted octanol–water partition coefficient (Wildman–Crippen LogP) is 2.16. The molecule has 0 unspecified atom stereocenters. The third-order valence-corrected chi connectivity index (χ3v) is 4.59. The maximum Gasteiger partial charge on any atom is 0.506 e. The second-order valence-electron chi connectivity index (χ2n) is 6.39. The number of carboxylic acid groups (broad SMARTS) is 1. The average molecular weight is 464 g/mol. The van der Waals surface area contributed by atoms with Crippen LogP contribution in [0.25, 0.3) is 11.0 Å². The number of aliphatic hydroxyl groups is 1. The molecule has 4 heterocycles. The Hall–Kier alpha value is -3.59. The zero-order valence-corrected chi connectivity index (χ0v) is 17.6.